The van der Waals surface area contributed by atoms with E-state index in [1.54, 1.807) is 0 Å². The fourth-order valence-electron chi connectivity index (χ4n) is 4.72. The van der Waals surface area contributed by atoms with Crippen molar-refractivity contribution in [3.05, 3.63) is 91.0 Å². The molecule has 0 aliphatic rings. The Hall–Kier alpha value is -2.36. The van der Waals surface area contributed by atoms with E-state index in [-0.39, 0.29) is 0 Å². The molecule has 0 bridgehead atoms. The number of rotatable bonds is 17. The summed E-state index contributed by atoms with van der Waals surface area (Å²) >= 11 is 0. The van der Waals surface area contributed by atoms with Crippen LogP contribution in [0.2, 0.25) is 0 Å². The second-order valence-electron chi connectivity index (χ2n) is 10.1. The maximum absolute atomic E-state index is 5.79. The molecule has 0 heterocycles. The first kappa shape index (κ1) is 30.9. The van der Waals surface area contributed by atoms with E-state index in [0.717, 1.165) is 25.7 Å². The molecule has 0 amide bonds. The molecule has 3 aromatic rings. The molecule has 0 saturated heterocycles. The van der Waals surface area contributed by atoms with Crippen LogP contribution in [0.4, 0.5) is 0 Å². The fourth-order valence-corrected chi connectivity index (χ4v) is 4.72. The van der Waals surface area contributed by atoms with Crippen LogP contribution in [-0.2, 0) is 4.74 Å². The van der Waals surface area contributed by atoms with Gasteiger partial charge in [-0.15, -0.1) is 0 Å². The molecule has 0 aromatic heterocycles. The van der Waals surface area contributed by atoms with Gasteiger partial charge in [-0.1, -0.05) is 166 Å². The van der Waals surface area contributed by atoms with Crippen LogP contribution >= 0.6 is 0 Å². The Morgan fingerprint density at radius 3 is 1.51 bits per heavy atom. The minimum absolute atomic E-state index is 0.309. The van der Waals surface area contributed by atoms with Gasteiger partial charge in [0.2, 0.25) is 6.71 Å². The summed E-state index contributed by atoms with van der Waals surface area (Å²) in [6, 6.07) is 32.0. The molecule has 2 nitrogen and oxygen atoms in total. The normalized spacial score (nSPS) is 11.4. The van der Waals surface area contributed by atoms with Gasteiger partial charge < -0.3 is 10.5 Å². The molecule has 0 fully saturated rings. The van der Waals surface area contributed by atoms with Gasteiger partial charge in [-0.2, -0.15) is 0 Å². The van der Waals surface area contributed by atoms with Crippen molar-refractivity contribution in [3.8, 4) is 0 Å². The summed E-state index contributed by atoms with van der Waals surface area (Å²) in [6.45, 7) is 7.63. The second-order valence-corrected chi connectivity index (χ2v) is 10.1. The zero-order chi connectivity index (χ0) is 26.4. The van der Waals surface area contributed by atoms with Gasteiger partial charge in [0.1, 0.15) is 0 Å². The number of ether oxygens (including phenoxy) is 1. The molecule has 1 unspecified atom stereocenters. The van der Waals surface area contributed by atoms with Crippen molar-refractivity contribution in [2.75, 3.05) is 19.8 Å². The number of hydrogen-bond donors (Lipinski definition) is 1. The summed E-state index contributed by atoms with van der Waals surface area (Å²) < 4.78 is 5.79. The van der Waals surface area contributed by atoms with Gasteiger partial charge in [-0.05, 0) is 31.7 Å². The van der Waals surface area contributed by atoms with Crippen LogP contribution in [0.3, 0.4) is 0 Å². The van der Waals surface area contributed by atoms with Gasteiger partial charge in [-0.25, -0.2) is 0 Å². The van der Waals surface area contributed by atoms with Crippen molar-refractivity contribution in [3.63, 3.8) is 0 Å². The van der Waals surface area contributed by atoms with Crippen molar-refractivity contribution >= 4 is 23.1 Å². The minimum atomic E-state index is 0.309. The van der Waals surface area contributed by atoms with E-state index in [1.807, 2.05) is 0 Å². The molecule has 3 heteroatoms. The smallest absolute Gasteiger partial charge is 0.241 e. The predicted molar refractivity (Wildman–Crippen MR) is 165 cm³/mol. The summed E-state index contributed by atoms with van der Waals surface area (Å²) in [7, 11) is 0. The molecule has 200 valence electrons. The standard InChI is InChI=1S/C18H15B.C16H35NO/c1-4-10-16(11-5-1)19(17-12-6-2-7-13-17)18-14-8-3-9-15-18;1-3-5-12-16(4-2)15-18-14-11-9-7-6-8-10-13-17/h1-15H;16H,3-15,17H2,1-2H3. The minimum Gasteiger partial charge on any atom is -0.381 e. The van der Waals surface area contributed by atoms with E-state index < -0.39 is 0 Å². The molecule has 0 saturated carbocycles. The van der Waals surface area contributed by atoms with Crippen LogP contribution in [0.15, 0.2) is 91.0 Å². The zero-order valence-electron chi connectivity index (χ0n) is 23.5. The van der Waals surface area contributed by atoms with Crippen molar-refractivity contribution in [2.45, 2.75) is 78.1 Å². The van der Waals surface area contributed by atoms with E-state index in [1.165, 1.54) is 80.6 Å². The number of benzene rings is 3. The number of nitrogens with two attached hydrogens (primary N) is 1. The average Bonchev–Trinajstić information content (AvgIpc) is 2.96. The Balaban J connectivity index is 0.000000261. The Labute approximate surface area is 228 Å². The van der Waals surface area contributed by atoms with Gasteiger partial charge in [0.25, 0.3) is 0 Å². The van der Waals surface area contributed by atoms with E-state index in [9.17, 15) is 0 Å². The lowest BCUT2D eigenvalue weighted by Crippen LogP contribution is -2.51. The van der Waals surface area contributed by atoms with Gasteiger partial charge in [0.05, 0.1) is 0 Å². The molecule has 0 aliphatic heterocycles. The van der Waals surface area contributed by atoms with Crippen LogP contribution < -0.4 is 22.1 Å². The van der Waals surface area contributed by atoms with E-state index >= 15 is 0 Å². The summed E-state index contributed by atoms with van der Waals surface area (Å²) in [4.78, 5) is 0. The summed E-state index contributed by atoms with van der Waals surface area (Å²) in [5.41, 5.74) is 9.46. The molecule has 0 spiro atoms. The lowest BCUT2D eigenvalue weighted by Gasteiger charge is -2.15. The highest BCUT2D eigenvalue weighted by Crippen LogP contribution is 2.13. The SMILES string of the molecule is CCCCC(CC)COCCCCCCCCN.c1ccc(B(c2ccccc2)c2ccccc2)cc1. The zero-order valence-corrected chi connectivity index (χ0v) is 23.5. The first-order valence-corrected chi connectivity index (χ1v) is 14.7. The first-order valence-electron chi connectivity index (χ1n) is 14.7. The first-order chi connectivity index (χ1) is 18.3. The molecular formula is C34H50BNO. The predicted octanol–water partition coefficient (Wildman–Crippen LogP) is 6.72. The third kappa shape index (κ3) is 13.1. The largest absolute Gasteiger partial charge is 0.381 e. The second kappa shape index (κ2) is 20.7. The highest BCUT2D eigenvalue weighted by atomic mass is 16.5. The van der Waals surface area contributed by atoms with Crippen molar-refractivity contribution in [1.82, 2.24) is 0 Å². The number of unbranched alkanes of at least 4 members (excludes halogenated alkanes) is 6. The fraction of sp³-hybridized carbons (Fsp3) is 0.471. The molecule has 0 aliphatic carbocycles. The van der Waals surface area contributed by atoms with Crippen molar-refractivity contribution in [1.29, 1.82) is 0 Å². The average molecular weight is 500 g/mol. The Morgan fingerprint density at radius 2 is 1.08 bits per heavy atom. The molecule has 3 rings (SSSR count). The molecule has 37 heavy (non-hydrogen) atoms. The third-order valence-electron chi connectivity index (χ3n) is 7.04. The highest BCUT2D eigenvalue weighted by molar-refractivity contribution is 6.95. The Kier molecular flexibility index (Phi) is 17.2. The van der Waals surface area contributed by atoms with E-state index in [0.29, 0.717) is 6.71 Å². The molecule has 0 radical (unpaired) electrons. The monoisotopic (exact) mass is 499 g/mol. The Morgan fingerprint density at radius 1 is 0.622 bits per heavy atom. The third-order valence-corrected chi connectivity index (χ3v) is 7.04. The van der Waals surface area contributed by atoms with Crippen LogP contribution in [0.25, 0.3) is 0 Å². The maximum atomic E-state index is 5.79. The van der Waals surface area contributed by atoms with Crippen molar-refractivity contribution in [2.24, 2.45) is 11.7 Å². The quantitative estimate of drug-likeness (QED) is 0.165. The maximum Gasteiger partial charge on any atom is 0.241 e. The highest BCUT2D eigenvalue weighted by Gasteiger charge is 2.20. The number of hydrogen-bond acceptors (Lipinski definition) is 2. The topological polar surface area (TPSA) is 35.2 Å². The summed E-state index contributed by atoms with van der Waals surface area (Å²) in [6.07, 6.45) is 13.0. The van der Waals surface area contributed by atoms with E-state index in [4.69, 9.17) is 10.5 Å². The van der Waals surface area contributed by atoms with Gasteiger partial charge in [0, 0.05) is 13.2 Å². The molecule has 3 aromatic carbocycles. The lowest BCUT2D eigenvalue weighted by atomic mass is 9.37. The van der Waals surface area contributed by atoms with Crippen LogP contribution in [0.1, 0.15) is 78.1 Å². The van der Waals surface area contributed by atoms with Gasteiger partial charge >= 0.3 is 0 Å². The summed E-state index contributed by atoms with van der Waals surface area (Å²) in [5.74, 6) is 0.787. The van der Waals surface area contributed by atoms with Gasteiger partial charge in [-0.3, -0.25) is 0 Å². The van der Waals surface area contributed by atoms with Crippen LogP contribution in [-0.4, -0.2) is 26.5 Å². The molecule has 2 N–H and O–H groups in total. The van der Waals surface area contributed by atoms with Crippen LogP contribution in [0.5, 0.6) is 0 Å². The lowest BCUT2D eigenvalue weighted by molar-refractivity contribution is 0.0908. The van der Waals surface area contributed by atoms with E-state index in [2.05, 4.69) is 105 Å². The van der Waals surface area contributed by atoms with Crippen LogP contribution in [0, 0.1) is 5.92 Å². The Bertz CT molecular complexity index is 794. The van der Waals surface area contributed by atoms with Crippen molar-refractivity contribution < 1.29 is 4.74 Å². The molecule has 1 atom stereocenters. The molecular weight excluding hydrogens is 449 g/mol. The van der Waals surface area contributed by atoms with Gasteiger partial charge in [0.15, 0.2) is 0 Å². The summed E-state index contributed by atoms with van der Waals surface area (Å²) in [5, 5.41) is 0.